The number of aromatic nitrogens is 1. The van der Waals surface area contributed by atoms with Crippen LogP contribution in [0.15, 0.2) is 35.4 Å². The first-order valence-corrected chi connectivity index (χ1v) is 10.2. The van der Waals surface area contributed by atoms with E-state index in [1.807, 2.05) is 16.0 Å². The van der Waals surface area contributed by atoms with E-state index >= 15 is 0 Å². The number of carbonyl (C=O) groups is 1. The molecule has 0 fully saturated rings. The van der Waals surface area contributed by atoms with E-state index in [1.165, 1.54) is 20.1 Å². The van der Waals surface area contributed by atoms with E-state index in [9.17, 15) is 18.4 Å². The second-order valence-electron chi connectivity index (χ2n) is 8.91. The number of pyridine rings is 1. The van der Waals surface area contributed by atoms with Gasteiger partial charge in [0, 0.05) is 47.4 Å². The van der Waals surface area contributed by atoms with Crippen LogP contribution in [0.3, 0.4) is 0 Å². The maximum atomic E-state index is 12.7. The van der Waals surface area contributed by atoms with Gasteiger partial charge in [0.15, 0.2) is 11.2 Å². The highest BCUT2D eigenvalue weighted by molar-refractivity contribution is 6.09. The summed E-state index contributed by atoms with van der Waals surface area (Å²) >= 11 is 0. The molecule has 170 valence electrons. The Morgan fingerprint density at radius 1 is 1.28 bits per heavy atom. The van der Waals surface area contributed by atoms with Gasteiger partial charge in [-0.1, -0.05) is 20.8 Å². The summed E-state index contributed by atoms with van der Waals surface area (Å²) in [5.74, 6) is 0.0994. The van der Waals surface area contributed by atoms with E-state index in [4.69, 9.17) is 10.1 Å². The quantitative estimate of drug-likeness (QED) is 0.386. The number of methoxy groups -OCH3 is 1. The molecular weight excluding hydrogens is 416 g/mol. The van der Waals surface area contributed by atoms with Crippen LogP contribution in [0.2, 0.25) is 0 Å². The molecule has 32 heavy (non-hydrogen) atoms. The summed E-state index contributed by atoms with van der Waals surface area (Å²) in [6.07, 6.45) is 4.30. The first-order chi connectivity index (χ1) is 15.0. The number of hydrogen-bond donors (Lipinski definition) is 2. The number of alkyl halides is 2. The molecule has 1 atom stereocenters. The first kappa shape index (κ1) is 23.4. The summed E-state index contributed by atoms with van der Waals surface area (Å²) in [6.45, 7) is 4.86. The van der Waals surface area contributed by atoms with E-state index in [0.717, 1.165) is 23.5 Å². The molecule has 8 heteroatoms. The van der Waals surface area contributed by atoms with Crippen molar-refractivity contribution >= 4 is 17.6 Å². The van der Waals surface area contributed by atoms with Gasteiger partial charge in [-0.05, 0) is 36.5 Å². The lowest BCUT2D eigenvalue weighted by molar-refractivity contribution is 0.101. The molecule has 1 aromatic heterocycles. The number of benzene rings is 1. The molecule has 0 spiro atoms. The van der Waals surface area contributed by atoms with Gasteiger partial charge in [0.05, 0.1) is 18.4 Å². The van der Waals surface area contributed by atoms with Crippen molar-refractivity contribution in [1.82, 2.24) is 9.88 Å². The lowest BCUT2D eigenvalue weighted by Gasteiger charge is -2.39. The second-order valence-corrected chi connectivity index (χ2v) is 8.91. The van der Waals surface area contributed by atoms with Crippen LogP contribution in [0.1, 0.15) is 55.2 Å². The number of hydrogen-bond acceptors (Lipinski definition) is 5. The summed E-state index contributed by atoms with van der Waals surface area (Å²) < 4.78 is 32.8. The van der Waals surface area contributed by atoms with E-state index in [-0.39, 0.29) is 33.8 Å². The highest BCUT2D eigenvalue weighted by Gasteiger charge is 2.34. The minimum atomic E-state index is -2.76. The predicted octanol–water partition coefficient (Wildman–Crippen LogP) is 4.67. The Labute approximate surface area is 185 Å². The third-order valence-electron chi connectivity index (χ3n) is 5.74. The largest absolute Gasteiger partial charge is 0.496 e. The maximum absolute atomic E-state index is 12.7. The highest BCUT2D eigenvalue weighted by Crippen LogP contribution is 2.44. The zero-order valence-electron chi connectivity index (χ0n) is 18.8. The Hall–Kier alpha value is -3.29. The average Bonchev–Trinajstić information content (AvgIpc) is 2.71. The van der Waals surface area contributed by atoms with Crippen LogP contribution in [0.4, 0.5) is 8.78 Å². The van der Waals surface area contributed by atoms with Gasteiger partial charge in [0.1, 0.15) is 5.75 Å². The van der Waals surface area contributed by atoms with Crippen molar-refractivity contribution in [1.29, 1.82) is 5.41 Å². The summed E-state index contributed by atoms with van der Waals surface area (Å²) in [5.41, 5.74) is 2.66. The third-order valence-corrected chi connectivity index (χ3v) is 5.74. The fraction of sp³-hybridized carbons (Fsp3) is 0.375. The van der Waals surface area contributed by atoms with Crippen molar-refractivity contribution in [3.8, 4) is 17.0 Å². The molecule has 6 nitrogen and oxygen atoms in total. The van der Waals surface area contributed by atoms with E-state index in [1.54, 1.807) is 12.3 Å². The molecule has 2 heterocycles. The number of ketones is 1. The number of nitrogens with zero attached hydrogens (tertiary/aromatic N) is 1. The van der Waals surface area contributed by atoms with Gasteiger partial charge in [-0.3, -0.25) is 9.59 Å². The average molecular weight is 443 g/mol. The van der Waals surface area contributed by atoms with Crippen LogP contribution in [0.25, 0.3) is 16.8 Å². The Morgan fingerprint density at radius 3 is 2.50 bits per heavy atom. The molecular formula is C24H27F2N3O3. The topological polar surface area (TPSA) is 84.2 Å². The maximum Gasteiger partial charge on any atom is 0.312 e. The fourth-order valence-corrected chi connectivity index (χ4v) is 4.09. The Balaban J connectivity index is 2.29. The summed E-state index contributed by atoms with van der Waals surface area (Å²) in [5, 5.41) is 9.61. The number of Topliss-reactive ketones (excluding diaryl/α,β-unsaturated/α-hetero) is 1. The molecule has 0 saturated carbocycles. The zero-order valence-corrected chi connectivity index (χ0v) is 18.8. The number of rotatable bonds is 6. The molecule has 1 aliphatic rings. The van der Waals surface area contributed by atoms with Crippen molar-refractivity contribution in [2.24, 2.45) is 5.41 Å². The molecule has 0 bridgehead atoms. The van der Waals surface area contributed by atoms with Gasteiger partial charge in [0.2, 0.25) is 0 Å². The standard InChI is InChI=1S/C24H27F2N3O3/c1-13(30)18-12-29-19(9-20(18)31)16-8-21(32-5)17(15(10-27)11-28-23(25)26)6-14(16)7-22(29)24(2,3)4/h6,8-12,22-23,27-28H,7H2,1-5H3/b15-11+,27-10?. The number of halogens is 2. The van der Waals surface area contributed by atoms with E-state index in [0.29, 0.717) is 23.4 Å². The molecule has 2 aromatic rings. The molecule has 1 aromatic carbocycles. The van der Waals surface area contributed by atoms with Crippen molar-refractivity contribution < 1.29 is 18.3 Å². The highest BCUT2D eigenvalue weighted by atomic mass is 19.3. The summed E-state index contributed by atoms with van der Waals surface area (Å²) in [7, 11) is 1.46. The Kier molecular flexibility index (Phi) is 6.34. The van der Waals surface area contributed by atoms with Crippen molar-refractivity contribution in [2.75, 3.05) is 7.11 Å². The number of nitrogens with one attached hydrogen (secondary N) is 2. The van der Waals surface area contributed by atoms with Crippen LogP contribution >= 0.6 is 0 Å². The zero-order chi connectivity index (χ0) is 23.8. The fourth-order valence-electron chi connectivity index (χ4n) is 4.09. The minimum absolute atomic E-state index is 0.0588. The molecule has 1 aliphatic heterocycles. The normalized spacial score (nSPS) is 15.8. The van der Waals surface area contributed by atoms with Gasteiger partial charge in [-0.15, -0.1) is 0 Å². The molecule has 0 amide bonds. The van der Waals surface area contributed by atoms with Crippen molar-refractivity contribution in [3.05, 3.63) is 57.5 Å². The lowest BCUT2D eigenvalue weighted by atomic mass is 9.78. The molecule has 3 rings (SSSR count). The Morgan fingerprint density at radius 2 is 1.97 bits per heavy atom. The molecule has 2 N–H and O–H groups in total. The monoisotopic (exact) mass is 443 g/mol. The van der Waals surface area contributed by atoms with Gasteiger partial charge in [0.25, 0.3) is 0 Å². The predicted molar refractivity (Wildman–Crippen MR) is 121 cm³/mol. The van der Waals surface area contributed by atoms with Crippen LogP contribution in [-0.2, 0) is 6.42 Å². The smallest absolute Gasteiger partial charge is 0.312 e. The van der Waals surface area contributed by atoms with Crippen LogP contribution < -0.4 is 15.5 Å². The lowest BCUT2D eigenvalue weighted by Crippen LogP contribution is -2.32. The second kappa shape index (κ2) is 8.68. The van der Waals surface area contributed by atoms with Crippen molar-refractivity contribution in [3.63, 3.8) is 0 Å². The van der Waals surface area contributed by atoms with Crippen LogP contribution in [0, 0.1) is 10.8 Å². The van der Waals surface area contributed by atoms with Gasteiger partial charge in [-0.2, -0.15) is 8.78 Å². The number of carbonyl (C=O) groups excluding carboxylic acids is 1. The number of ether oxygens (including phenoxy) is 1. The van der Waals surface area contributed by atoms with E-state index < -0.39 is 6.55 Å². The van der Waals surface area contributed by atoms with Crippen molar-refractivity contribution in [2.45, 2.75) is 46.7 Å². The number of fused-ring (bicyclic) bond motifs is 3. The third kappa shape index (κ3) is 4.35. The summed E-state index contributed by atoms with van der Waals surface area (Å²) in [6, 6.07) is 4.99. The van der Waals surface area contributed by atoms with Gasteiger partial charge < -0.3 is 20.0 Å². The van der Waals surface area contributed by atoms with Gasteiger partial charge in [-0.25, -0.2) is 0 Å². The first-order valence-electron chi connectivity index (χ1n) is 10.2. The summed E-state index contributed by atoms with van der Waals surface area (Å²) in [4.78, 5) is 24.6. The molecule has 1 unspecified atom stereocenters. The van der Waals surface area contributed by atoms with Gasteiger partial charge >= 0.3 is 6.55 Å². The Bertz CT molecular complexity index is 1160. The minimum Gasteiger partial charge on any atom is -0.496 e. The van der Waals surface area contributed by atoms with Crippen LogP contribution in [0.5, 0.6) is 5.75 Å². The van der Waals surface area contributed by atoms with Crippen LogP contribution in [-0.4, -0.2) is 30.2 Å². The molecule has 0 aliphatic carbocycles. The van der Waals surface area contributed by atoms with E-state index in [2.05, 4.69) is 20.8 Å². The number of allylic oxidation sites excluding steroid dienone is 1. The SMILES string of the molecule is COc1cc2c(cc1/C(C=N)=C/NC(F)F)CC(C(C)(C)C)n1cc(C(C)=O)c(=O)cc1-2. The molecule has 0 radical (unpaired) electrons. The molecule has 0 saturated heterocycles.